The van der Waals surface area contributed by atoms with Crippen LogP contribution < -0.4 is 4.74 Å². The van der Waals surface area contributed by atoms with Gasteiger partial charge in [0.15, 0.2) is 11.6 Å². The standard InChI is InChI=1S/C29H36F2O/c1-3-5-6-20-7-9-21(10-8-20)22-11-13-23(14-12-22)24-15-16-25-19-27(32-17-4-2)29(31)28(30)26(25)18-24/h3-4,15-16,18-23H,1-2,5-14,17H2. The van der Waals surface area contributed by atoms with E-state index < -0.39 is 11.6 Å². The summed E-state index contributed by atoms with van der Waals surface area (Å²) in [5.74, 6) is 1.28. The fourth-order valence-corrected chi connectivity index (χ4v) is 6.05. The Hall–Kier alpha value is -2.16. The minimum Gasteiger partial charge on any atom is -0.486 e. The van der Waals surface area contributed by atoms with Gasteiger partial charge in [0, 0.05) is 5.39 Å². The quantitative estimate of drug-likeness (QED) is 0.374. The Morgan fingerprint density at radius 2 is 1.53 bits per heavy atom. The number of ether oxygens (including phenoxy) is 1. The smallest absolute Gasteiger partial charge is 0.201 e. The van der Waals surface area contributed by atoms with E-state index in [2.05, 4.69) is 25.3 Å². The maximum Gasteiger partial charge on any atom is 0.201 e. The van der Waals surface area contributed by atoms with E-state index in [-0.39, 0.29) is 12.4 Å². The van der Waals surface area contributed by atoms with Crippen molar-refractivity contribution in [2.24, 2.45) is 17.8 Å². The summed E-state index contributed by atoms with van der Waals surface area (Å²) < 4.78 is 34.5. The van der Waals surface area contributed by atoms with Crippen LogP contribution in [0.25, 0.3) is 10.8 Å². The van der Waals surface area contributed by atoms with Gasteiger partial charge < -0.3 is 4.74 Å². The summed E-state index contributed by atoms with van der Waals surface area (Å²) in [6, 6.07) is 7.45. The highest BCUT2D eigenvalue weighted by Gasteiger charge is 2.31. The first-order valence-corrected chi connectivity index (χ1v) is 12.4. The average molecular weight is 439 g/mol. The van der Waals surface area contributed by atoms with Crippen LogP contribution in [0.2, 0.25) is 0 Å². The van der Waals surface area contributed by atoms with Gasteiger partial charge in [-0.15, -0.1) is 6.58 Å². The van der Waals surface area contributed by atoms with Gasteiger partial charge in [0.2, 0.25) is 5.82 Å². The fourth-order valence-electron chi connectivity index (χ4n) is 6.05. The minimum absolute atomic E-state index is 0.0534. The summed E-state index contributed by atoms with van der Waals surface area (Å²) in [4.78, 5) is 0. The summed E-state index contributed by atoms with van der Waals surface area (Å²) in [7, 11) is 0. The number of halogens is 2. The second-order valence-electron chi connectivity index (χ2n) is 9.84. The van der Waals surface area contributed by atoms with Gasteiger partial charge in [-0.2, -0.15) is 4.39 Å². The number of hydrogen-bond acceptors (Lipinski definition) is 1. The highest BCUT2D eigenvalue weighted by atomic mass is 19.2. The zero-order chi connectivity index (χ0) is 22.5. The van der Waals surface area contributed by atoms with Crippen LogP contribution >= 0.6 is 0 Å². The Bertz CT molecular complexity index is 934. The lowest BCUT2D eigenvalue weighted by Crippen LogP contribution is -2.25. The molecule has 2 fully saturated rings. The molecular weight excluding hydrogens is 402 g/mol. The molecule has 0 aliphatic heterocycles. The van der Waals surface area contributed by atoms with Crippen molar-refractivity contribution in [3.8, 4) is 5.75 Å². The van der Waals surface area contributed by atoms with Crippen molar-refractivity contribution in [3.63, 3.8) is 0 Å². The SMILES string of the molecule is C=CCCC1CCC(C2CCC(c3ccc4cc(OCC=C)c(F)c(F)c4c3)CC2)CC1. The molecule has 2 aromatic rings. The molecule has 0 radical (unpaired) electrons. The van der Waals surface area contributed by atoms with Crippen LogP contribution in [0, 0.1) is 29.4 Å². The lowest BCUT2D eigenvalue weighted by molar-refractivity contribution is 0.157. The lowest BCUT2D eigenvalue weighted by atomic mass is 9.68. The molecule has 3 heteroatoms. The van der Waals surface area contributed by atoms with E-state index in [1.165, 1.54) is 51.0 Å². The minimum atomic E-state index is -0.913. The predicted molar refractivity (Wildman–Crippen MR) is 129 cm³/mol. The third-order valence-electron chi connectivity index (χ3n) is 7.95. The Kier molecular flexibility index (Phi) is 7.65. The normalized spacial score (nSPS) is 26.1. The van der Waals surface area contributed by atoms with Crippen LogP contribution in [-0.2, 0) is 0 Å². The second-order valence-corrected chi connectivity index (χ2v) is 9.84. The van der Waals surface area contributed by atoms with Crippen molar-refractivity contribution >= 4 is 10.8 Å². The number of hydrogen-bond donors (Lipinski definition) is 0. The summed E-state index contributed by atoms with van der Waals surface area (Å²) >= 11 is 0. The molecule has 2 aliphatic rings. The van der Waals surface area contributed by atoms with Gasteiger partial charge in [0.25, 0.3) is 0 Å². The van der Waals surface area contributed by atoms with Gasteiger partial charge in [-0.05, 0) is 98.1 Å². The van der Waals surface area contributed by atoms with Crippen molar-refractivity contribution in [2.75, 3.05) is 6.61 Å². The predicted octanol–water partition coefficient (Wildman–Crippen LogP) is 8.73. The molecule has 1 nitrogen and oxygen atoms in total. The maximum atomic E-state index is 14.8. The van der Waals surface area contributed by atoms with Crippen LogP contribution in [0.15, 0.2) is 49.6 Å². The van der Waals surface area contributed by atoms with Gasteiger partial charge in [-0.25, -0.2) is 4.39 Å². The van der Waals surface area contributed by atoms with Crippen LogP contribution in [-0.4, -0.2) is 6.61 Å². The van der Waals surface area contributed by atoms with E-state index in [0.29, 0.717) is 16.7 Å². The Balaban J connectivity index is 1.38. The Labute approximate surface area is 191 Å². The van der Waals surface area contributed by atoms with Crippen LogP contribution in [0.3, 0.4) is 0 Å². The molecule has 2 aliphatic carbocycles. The van der Waals surface area contributed by atoms with E-state index in [4.69, 9.17) is 4.74 Å². The number of allylic oxidation sites excluding steroid dienone is 1. The molecule has 4 rings (SSSR count). The van der Waals surface area contributed by atoms with Crippen molar-refractivity contribution in [2.45, 2.75) is 70.1 Å². The first-order valence-electron chi connectivity index (χ1n) is 12.4. The van der Waals surface area contributed by atoms with E-state index >= 15 is 0 Å². The molecule has 0 heterocycles. The van der Waals surface area contributed by atoms with Crippen molar-refractivity contribution < 1.29 is 13.5 Å². The largest absolute Gasteiger partial charge is 0.486 e. The lowest BCUT2D eigenvalue weighted by Gasteiger charge is -2.38. The van der Waals surface area contributed by atoms with Crippen molar-refractivity contribution in [3.05, 3.63) is 66.8 Å². The second kappa shape index (κ2) is 10.6. The topological polar surface area (TPSA) is 9.23 Å². The first kappa shape index (κ1) is 23.0. The molecule has 2 saturated carbocycles. The van der Waals surface area contributed by atoms with Gasteiger partial charge in [0.1, 0.15) is 6.61 Å². The summed E-state index contributed by atoms with van der Waals surface area (Å²) in [6.07, 6.45) is 16.4. The highest BCUT2D eigenvalue weighted by molar-refractivity contribution is 5.85. The number of benzene rings is 2. The number of rotatable bonds is 8. The summed E-state index contributed by atoms with van der Waals surface area (Å²) in [6.45, 7) is 7.57. The maximum absolute atomic E-state index is 14.8. The van der Waals surface area contributed by atoms with Crippen LogP contribution in [0.5, 0.6) is 5.75 Å². The zero-order valence-electron chi connectivity index (χ0n) is 19.1. The average Bonchev–Trinajstić information content (AvgIpc) is 2.84. The molecule has 0 bridgehead atoms. The third kappa shape index (κ3) is 5.08. The highest BCUT2D eigenvalue weighted by Crippen LogP contribution is 2.45. The Morgan fingerprint density at radius 1 is 0.844 bits per heavy atom. The van der Waals surface area contributed by atoms with Gasteiger partial charge in [0.05, 0.1) is 0 Å². The van der Waals surface area contributed by atoms with Gasteiger partial charge in [-0.1, -0.05) is 43.7 Å². The van der Waals surface area contributed by atoms with Crippen LogP contribution in [0.1, 0.15) is 75.7 Å². The molecule has 0 saturated heterocycles. The molecule has 0 amide bonds. The molecule has 32 heavy (non-hydrogen) atoms. The monoisotopic (exact) mass is 438 g/mol. The van der Waals surface area contributed by atoms with Gasteiger partial charge in [-0.3, -0.25) is 0 Å². The molecule has 2 aromatic carbocycles. The first-order chi connectivity index (χ1) is 15.6. The van der Waals surface area contributed by atoms with E-state index in [0.717, 1.165) is 42.6 Å². The molecule has 0 N–H and O–H groups in total. The van der Waals surface area contributed by atoms with Gasteiger partial charge >= 0.3 is 0 Å². The molecule has 0 aromatic heterocycles. The molecular formula is C29H36F2O. The Morgan fingerprint density at radius 3 is 2.19 bits per heavy atom. The molecule has 0 spiro atoms. The van der Waals surface area contributed by atoms with Crippen LogP contribution in [0.4, 0.5) is 8.78 Å². The fraction of sp³-hybridized carbons (Fsp3) is 0.517. The van der Waals surface area contributed by atoms with Crippen molar-refractivity contribution in [1.29, 1.82) is 0 Å². The summed E-state index contributed by atoms with van der Waals surface area (Å²) in [5, 5.41) is 1.03. The molecule has 0 atom stereocenters. The molecule has 172 valence electrons. The third-order valence-corrected chi connectivity index (χ3v) is 7.95. The zero-order valence-corrected chi connectivity index (χ0v) is 19.1. The number of fused-ring (bicyclic) bond motifs is 1. The molecule has 0 unspecified atom stereocenters. The van der Waals surface area contributed by atoms with E-state index in [1.807, 2.05) is 12.1 Å². The van der Waals surface area contributed by atoms with E-state index in [9.17, 15) is 8.78 Å². The van der Waals surface area contributed by atoms with E-state index in [1.54, 1.807) is 6.07 Å². The summed E-state index contributed by atoms with van der Waals surface area (Å²) in [5.41, 5.74) is 1.14. The van der Waals surface area contributed by atoms with Crippen molar-refractivity contribution in [1.82, 2.24) is 0 Å².